The van der Waals surface area contributed by atoms with Crippen LogP contribution in [0.5, 0.6) is 5.75 Å². The summed E-state index contributed by atoms with van der Waals surface area (Å²) in [5, 5.41) is 27.8. The van der Waals surface area contributed by atoms with Crippen LogP contribution in [-0.4, -0.2) is 54.2 Å². The zero-order valence-corrected chi connectivity index (χ0v) is 23.0. The lowest BCUT2D eigenvalue weighted by molar-refractivity contribution is -0.139. The Morgan fingerprint density at radius 2 is 1.22 bits per heavy atom. The normalized spacial score (nSPS) is 10.6. The molecule has 1 aromatic rings. The smallest absolute Gasteiger partial charge is 0.341 e. The number of ether oxygens (including phenoxy) is 1. The van der Waals surface area contributed by atoms with E-state index < -0.39 is 5.97 Å². The molecule has 0 aliphatic carbocycles. The second-order valence-corrected chi connectivity index (χ2v) is 9.58. The number of aliphatic hydroxyl groups is 2. The molecular weight excluding hydrogens is 454 g/mol. The van der Waals surface area contributed by atoms with E-state index in [-0.39, 0.29) is 19.8 Å². The van der Waals surface area contributed by atoms with Gasteiger partial charge in [0.2, 0.25) is 0 Å². The number of benzene rings is 1. The van der Waals surface area contributed by atoms with E-state index in [2.05, 4.69) is 18.3 Å². The largest absolute Gasteiger partial charge is 0.482 e. The fourth-order valence-electron chi connectivity index (χ4n) is 4.10. The number of aliphatic carboxylic acids is 1. The average molecular weight is 510 g/mol. The number of unbranched alkanes of at least 4 members (excludes halogenated alkanes) is 15. The van der Waals surface area contributed by atoms with Crippen LogP contribution in [0.15, 0.2) is 24.3 Å². The molecule has 0 fully saturated rings. The van der Waals surface area contributed by atoms with E-state index >= 15 is 0 Å². The summed E-state index contributed by atoms with van der Waals surface area (Å²) < 4.78 is 5.24. The van der Waals surface area contributed by atoms with Crippen molar-refractivity contribution < 1.29 is 24.9 Å². The van der Waals surface area contributed by atoms with Gasteiger partial charge in [0.05, 0.1) is 13.2 Å². The maximum atomic E-state index is 10.6. The molecule has 0 radical (unpaired) electrons. The van der Waals surface area contributed by atoms with E-state index in [9.17, 15) is 4.79 Å². The van der Waals surface area contributed by atoms with Gasteiger partial charge in [0.15, 0.2) is 6.61 Å². The Morgan fingerprint density at radius 3 is 1.67 bits per heavy atom. The average Bonchev–Trinajstić information content (AvgIpc) is 2.88. The second-order valence-electron chi connectivity index (χ2n) is 9.58. The number of carboxylic acid groups (broad SMARTS) is 1. The number of rotatable bonds is 24. The van der Waals surface area contributed by atoms with Gasteiger partial charge < -0.3 is 25.4 Å². The summed E-state index contributed by atoms with van der Waals surface area (Å²) in [7, 11) is 0. The quantitative estimate of drug-likeness (QED) is 0.119. The zero-order valence-electron chi connectivity index (χ0n) is 23.0. The molecule has 0 saturated heterocycles. The van der Waals surface area contributed by atoms with Gasteiger partial charge in [-0.25, -0.2) is 4.79 Å². The van der Waals surface area contributed by atoms with E-state index in [1.165, 1.54) is 108 Å². The molecule has 0 aromatic heterocycles. The number of aliphatic hydroxyl groups excluding tert-OH is 2. The van der Waals surface area contributed by atoms with Gasteiger partial charge in [-0.1, -0.05) is 115 Å². The predicted octanol–water partition coefficient (Wildman–Crippen LogP) is 6.51. The molecule has 0 saturated carbocycles. The minimum atomic E-state index is -0.937. The molecular formula is C30H55NO5. The molecule has 1 aromatic carbocycles. The van der Waals surface area contributed by atoms with Crippen LogP contribution in [0.3, 0.4) is 0 Å². The molecule has 6 heteroatoms. The second kappa shape index (κ2) is 27.9. The lowest BCUT2D eigenvalue weighted by atomic mass is 10.0. The number of hydrogen-bond donors (Lipinski definition) is 4. The molecule has 1 rings (SSSR count). The number of carbonyl (C=O) groups is 1. The van der Waals surface area contributed by atoms with Gasteiger partial charge in [-0.3, -0.25) is 0 Å². The molecule has 4 N–H and O–H groups in total. The Balaban J connectivity index is 0.00000152. The molecule has 0 unspecified atom stereocenters. The summed E-state index contributed by atoms with van der Waals surface area (Å²) in [5.74, 6) is -0.283. The van der Waals surface area contributed by atoms with Gasteiger partial charge in [0.1, 0.15) is 5.75 Å². The van der Waals surface area contributed by atoms with Crippen molar-refractivity contribution in [2.75, 3.05) is 32.9 Å². The molecule has 0 aliphatic rings. The van der Waals surface area contributed by atoms with Crippen LogP contribution in [-0.2, 0) is 11.2 Å². The van der Waals surface area contributed by atoms with Gasteiger partial charge in [0.25, 0.3) is 0 Å². The van der Waals surface area contributed by atoms with Crippen LogP contribution in [0, 0.1) is 0 Å². The first-order chi connectivity index (χ1) is 17.6. The van der Waals surface area contributed by atoms with Gasteiger partial charge >= 0.3 is 5.97 Å². The van der Waals surface area contributed by atoms with Crippen LogP contribution in [0.1, 0.15) is 115 Å². The maximum absolute atomic E-state index is 10.6. The Morgan fingerprint density at radius 1 is 0.750 bits per heavy atom. The lowest BCUT2D eigenvalue weighted by Crippen LogP contribution is -2.21. The van der Waals surface area contributed by atoms with Crippen molar-refractivity contribution in [3.63, 3.8) is 0 Å². The molecule has 0 bridgehead atoms. The van der Waals surface area contributed by atoms with Crippen LogP contribution in [0.4, 0.5) is 0 Å². The van der Waals surface area contributed by atoms with Gasteiger partial charge in [-0.15, -0.1) is 0 Å². The first kappa shape index (κ1) is 34.4. The lowest BCUT2D eigenvalue weighted by Gasteiger charge is -2.06. The topological polar surface area (TPSA) is 99.0 Å². The molecule has 0 heterocycles. The Hall–Kier alpha value is -1.63. The number of nitrogens with one attached hydrogen (secondary N) is 1. The summed E-state index contributed by atoms with van der Waals surface area (Å²) in [4.78, 5) is 10.6. The number of carboxylic acids is 1. The van der Waals surface area contributed by atoms with Crippen LogP contribution >= 0.6 is 0 Å². The highest BCUT2D eigenvalue weighted by Gasteiger charge is 2.01. The summed E-state index contributed by atoms with van der Waals surface area (Å²) in [6.07, 6.45) is 23.2. The van der Waals surface area contributed by atoms with Crippen molar-refractivity contribution in [3.05, 3.63) is 29.8 Å². The van der Waals surface area contributed by atoms with Crippen molar-refractivity contribution in [1.82, 2.24) is 5.32 Å². The minimum Gasteiger partial charge on any atom is -0.482 e. The number of hydrogen-bond acceptors (Lipinski definition) is 5. The van der Waals surface area contributed by atoms with Crippen LogP contribution in [0.2, 0.25) is 0 Å². The van der Waals surface area contributed by atoms with Crippen molar-refractivity contribution in [2.24, 2.45) is 0 Å². The van der Waals surface area contributed by atoms with E-state index in [4.69, 9.17) is 20.1 Å². The minimum absolute atomic E-state index is 0.139. The van der Waals surface area contributed by atoms with Crippen molar-refractivity contribution in [2.45, 2.75) is 116 Å². The van der Waals surface area contributed by atoms with Crippen LogP contribution in [0.25, 0.3) is 0 Å². The predicted molar refractivity (Wildman–Crippen MR) is 150 cm³/mol. The van der Waals surface area contributed by atoms with Crippen molar-refractivity contribution >= 4 is 5.97 Å². The highest BCUT2D eigenvalue weighted by Crippen LogP contribution is 2.17. The summed E-state index contributed by atoms with van der Waals surface area (Å²) in [5.41, 5.74) is 1.23. The molecule has 0 amide bonds. The standard InChI is InChI=1S/C26H44O3.C4H11NO2/c1-2-3-4-5-6-7-8-9-10-11-12-13-14-15-16-17-19-24-20-18-21-25(22-24)29-23-26(27)28;6-3-1-5-2-4-7/h18,20-22H,2-17,19,23H2,1H3,(H,27,28);5-7H,1-4H2. The third-order valence-corrected chi connectivity index (χ3v) is 6.16. The molecule has 6 nitrogen and oxygen atoms in total. The number of aryl methyl sites for hydroxylation is 1. The highest BCUT2D eigenvalue weighted by atomic mass is 16.5. The summed E-state index contributed by atoms with van der Waals surface area (Å²) in [6.45, 7) is 3.42. The molecule has 0 aliphatic heterocycles. The first-order valence-corrected chi connectivity index (χ1v) is 14.5. The van der Waals surface area contributed by atoms with Crippen LogP contribution < -0.4 is 10.1 Å². The molecule has 0 spiro atoms. The third-order valence-electron chi connectivity index (χ3n) is 6.16. The van der Waals surface area contributed by atoms with Gasteiger partial charge in [-0.05, 0) is 30.5 Å². The maximum Gasteiger partial charge on any atom is 0.341 e. The monoisotopic (exact) mass is 509 g/mol. The fourth-order valence-corrected chi connectivity index (χ4v) is 4.10. The fraction of sp³-hybridized carbons (Fsp3) is 0.767. The van der Waals surface area contributed by atoms with E-state index in [1.54, 1.807) is 0 Å². The van der Waals surface area contributed by atoms with Gasteiger partial charge in [-0.2, -0.15) is 0 Å². The Kier molecular flexibility index (Phi) is 26.7. The third kappa shape index (κ3) is 25.5. The van der Waals surface area contributed by atoms with Gasteiger partial charge in [0, 0.05) is 13.1 Å². The SMILES string of the molecule is CCCCCCCCCCCCCCCCCCc1cccc(OCC(=O)O)c1.OCCNCCO. The highest BCUT2D eigenvalue weighted by molar-refractivity contribution is 5.68. The zero-order chi connectivity index (χ0) is 26.5. The summed E-state index contributed by atoms with van der Waals surface area (Å²) >= 11 is 0. The molecule has 210 valence electrons. The van der Waals surface area contributed by atoms with Crippen molar-refractivity contribution in [1.29, 1.82) is 0 Å². The first-order valence-electron chi connectivity index (χ1n) is 14.5. The molecule has 36 heavy (non-hydrogen) atoms. The van der Waals surface area contributed by atoms with E-state index in [0.717, 1.165) is 6.42 Å². The van der Waals surface area contributed by atoms with Crippen molar-refractivity contribution in [3.8, 4) is 5.75 Å². The molecule has 0 atom stereocenters. The van der Waals surface area contributed by atoms with E-state index in [0.29, 0.717) is 18.8 Å². The Labute approximate surface area is 220 Å². The summed E-state index contributed by atoms with van der Waals surface area (Å²) in [6, 6.07) is 7.83. The van der Waals surface area contributed by atoms with E-state index in [1.807, 2.05) is 18.2 Å². The Bertz CT molecular complexity index is 592.